The van der Waals surface area contributed by atoms with E-state index in [0.29, 0.717) is 58.2 Å². The topological polar surface area (TPSA) is 112 Å². The molecule has 3 heterocycles. The first-order chi connectivity index (χ1) is 16.5. The molecule has 34 heavy (non-hydrogen) atoms. The molecule has 0 saturated carbocycles. The number of hydrogen-bond donors (Lipinski definition) is 2. The van der Waals surface area contributed by atoms with Gasteiger partial charge in [0.2, 0.25) is 0 Å². The van der Waals surface area contributed by atoms with Crippen molar-refractivity contribution in [3.8, 4) is 17.2 Å². The molecule has 9 heteroatoms. The number of halogens is 1. The molecular weight excluding hydrogens is 451 g/mol. The first-order valence-electron chi connectivity index (χ1n) is 10.7. The van der Waals surface area contributed by atoms with Gasteiger partial charge in [0.25, 0.3) is 5.91 Å². The summed E-state index contributed by atoms with van der Waals surface area (Å²) in [4.78, 5) is 22.3. The molecule has 2 aromatic carbocycles. The van der Waals surface area contributed by atoms with E-state index in [9.17, 15) is 14.4 Å². The van der Waals surface area contributed by atoms with Gasteiger partial charge in [0.15, 0.2) is 0 Å². The monoisotopic (exact) mass is 472 g/mol. The molecule has 4 aromatic rings. The lowest BCUT2D eigenvalue weighted by atomic mass is 9.97. The van der Waals surface area contributed by atoms with E-state index in [1.165, 1.54) is 17.4 Å². The van der Waals surface area contributed by atoms with Crippen molar-refractivity contribution in [2.45, 2.75) is 0 Å². The Morgan fingerprint density at radius 1 is 1.03 bits per heavy atom. The molecule has 5 rings (SSSR count). The number of nitrogens with zero attached hydrogens (tertiary/aromatic N) is 4. The summed E-state index contributed by atoms with van der Waals surface area (Å²) in [5.41, 5.74) is 15.0. The average Bonchev–Trinajstić information content (AvgIpc) is 3.19. The number of nitrogen functional groups attached to an aromatic ring is 2. The molecule has 1 fully saturated rings. The predicted molar refractivity (Wildman–Crippen MR) is 133 cm³/mol. The zero-order chi connectivity index (χ0) is 23.8. The van der Waals surface area contributed by atoms with Gasteiger partial charge in [0, 0.05) is 37.1 Å². The second-order valence-electron chi connectivity index (χ2n) is 7.98. The minimum Gasteiger partial charge on any atom is -0.397 e. The number of nitriles is 1. The van der Waals surface area contributed by atoms with Crippen LogP contribution in [0.2, 0.25) is 0 Å². The number of aromatic nitrogens is 1. The number of thiophene rings is 1. The molecule has 0 bridgehead atoms. The first-order valence-corrected chi connectivity index (χ1v) is 11.6. The average molecular weight is 473 g/mol. The van der Waals surface area contributed by atoms with Crippen LogP contribution in [-0.4, -0.2) is 42.0 Å². The number of anilines is 3. The largest absolute Gasteiger partial charge is 0.397 e. The molecule has 170 valence electrons. The predicted octanol–water partition coefficient (Wildman–Crippen LogP) is 4.10. The third kappa shape index (κ3) is 3.58. The number of carbonyl (C=O) groups excluding carboxylic acids is 1. The van der Waals surface area contributed by atoms with E-state index in [-0.39, 0.29) is 23.1 Å². The summed E-state index contributed by atoms with van der Waals surface area (Å²) >= 11 is 1.18. The third-order valence-electron chi connectivity index (χ3n) is 6.03. The maximum Gasteiger partial charge on any atom is 0.266 e. The number of rotatable bonds is 3. The van der Waals surface area contributed by atoms with Crippen molar-refractivity contribution in [3.63, 3.8) is 0 Å². The number of carbonyl (C=O) groups is 1. The standard InChI is InChI=1S/C25H21FN6OS/c26-17-8-4-5-9-18(17)31-10-12-32(13-11-31)25(33)22-21(28)20-19(15-6-2-1-3-7-15)16(14-27)23(29)30-24(20)34-22/h1-9H,10-13,28H2,(H2,29,30). The van der Waals surface area contributed by atoms with Crippen LogP contribution in [0.1, 0.15) is 15.2 Å². The van der Waals surface area contributed by atoms with Crippen LogP contribution in [0.3, 0.4) is 0 Å². The molecule has 1 aliphatic rings. The van der Waals surface area contributed by atoms with Gasteiger partial charge in [-0.05, 0) is 17.7 Å². The van der Waals surface area contributed by atoms with Gasteiger partial charge in [-0.1, -0.05) is 42.5 Å². The van der Waals surface area contributed by atoms with E-state index in [1.807, 2.05) is 35.2 Å². The summed E-state index contributed by atoms with van der Waals surface area (Å²) in [7, 11) is 0. The van der Waals surface area contributed by atoms with E-state index in [0.717, 1.165) is 5.56 Å². The van der Waals surface area contributed by atoms with Gasteiger partial charge in [-0.25, -0.2) is 9.37 Å². The van der Waals surface area contributed by atoms with E-state index in [2.05, 4.69) is 11.1 Å². The molecule has 0 aliphatic carbocycles. The Kier molecular flexibility index (Phi) is 5.51. The molecule has 1 saturated heterocycles. The van der Waals surface area contributed by atoms with E-state index in [1.54, 1.807) is 23.1 Å². The summed E-state index contributed by atoms with van der Waals surface area (Å²) in [6.07, 6.45) is 0. The van der Waals surface area contributed by atoms with Crippen molar-refractivity contribution in [2.24, 2.45) is 0 Å². The van der Waals surface area contributed by atoms with Gasteiger partial charge in [0.05, 0.1) is 11.4 Å². The van der Waals surface area contributed by atoms with Gasteiger partial charge >= 0.3 is 0 Å². The molecule has 1 amide bonds. The van der Waals surface area contributed by atoms with Crippen molar-refractivity contribution in [2.75, 3.05) is 42.5 Å². The second-order valence-corrected chi connectivity index (χ2v) is 8.98. The van der Waals surface area contributed by atoms with E-state index < -0.39 is 0 Å². The van der Waals surface area contributed by atoms with Crippen LogP contribution in [0.4, 0.5) is 21.6 Å². The fraction of sp³-hybridized carbons (Fsp3) is 0.160. The van der Waals surface area contributed by atoms with Crippen molar-refractivity contribution in [3.05, 3.63) is 70.9 Å². The van der Waals surface area contributed by atoms with Crippen LogP contribution in [0.25, 0.3) is 21.3 Å². The summed E-state index contributed by atoms with van der Waals surface area (Å²) < 4.78 is 14.2. The van der Waals surface area contributed by atoms with Gasteiger partial charge in [-0.2, -0.15) is 5.26 Å². The highest BCUT2D eigenvalue weighted by molar-refractivity contribution is 7.21. The van der Waals surface area contributed by atoms with Crippen LogP contribution in [0.15, 0.2) is 54.6 Å². The Labute approximate surface area is 199 Å². The first kappa shape index (κ1) is 21.7. The van der Waals surface area contributed by atoms with Crippen LogP contribution in [-0.2, 0) is 0 Å². The molecule has 0 spiro atoms. The van der Waals surface area contributed by atoms with Crippen LogP contribution < -0.4 is 16.4 Å². The Hall–Kier alpha value is -4.16. The van der Waals surface area contributed by atoms with Crippen LogP contribution in [0, 0.1) is 17.1 Å². The maximum atomic E-state index is 14.2. The fourth-order valence-corrected chi connectivity index (χ4v) is 5.42. The quantitative estimate of drug-likeness (QED) is 0.464. The lowest BCUT2D eigenvalue weighted by Gasteiger charge is -2.36. The molecular formula is C25H21FN6OS. The van der Waals surface area contributed by atoms with E-state index >= 15 is 0 Å². The minimum absolute atomic E-state index is 0.104. The van der Waals surface area contributed by atoms with Crippen LogP contribution >= 0.6 is 11.3 Å². The molecule has 4 N–H and O–H groups in total. The minimum atomic E-state index is -0.276. The van der Waals surface area contributed by atoms with Crippen LogP contribution in [0.5, 0.6) is 0 Å². The Morgan fingerprint density at radius 3 is 2.38 bits per heavy atom. The number of amides is 1. The number of nitrogens with two attached hydrogens (primary N) is 2. The number of fused-ring (bicyclic) bond motifs is 1. The molecule has 1 aliphatic heterocycles. The van der Waals surface area contributed by atoms with Gasteiger partial charge in [-0.15, -0.1) is 11.3 Å². The fourth-order valence-electron chi connectivity index (χ4n) is 4.34. The summed E-state index contributed by atoms with van der Waals surface area (Å²) in [6.45, 7) is 1.89. The Balaban J connectivity index is 1.49. The number of hydrogen-bond acceptors (Lipinski definition) is 7. The second kappa shape index (κ2) is 8.65. The molecule has 7 nitrogen and oxygen atoms in total. The summed E-state index contributed by atoms with van der Waals surface area (Å²) in [5, 5.41) is 10.3. The molecule has 0 unspecified atom stereocenters. The van der Waals surface area contributed by atoms with Gasteiger partial charge < -0.3 is 21.3 Å². The Bertz CT molecular complexity index is 1440. The molecule has 0 atom stereocenters. The zero-order valence-corrected chi connectivity index (χ0v) is 19.0. The lowest BCUT2D eigenvalue weighted by Crippen LogP contribution is -2.49. The summed E-state index contributed by atoms with van der Waals surface area (Å²) in [5.74, 6) is -0.376. The normalized spacial score (nSPS) is 13.8. The highest BCUT2D eigenvalue weighted by atomic mass is 32.1. The number of para-hydroxylation sites is 1. The Morgan fingerprint density at radius 2 is 1.71 bits per heavy atom. The van der Waals surface area contributed by atoms with Gasteiger partial charge in [0.1, 0.15) is 33.0 Å². The van der Waals surface area contributed by atoms with Crippen molar-refractivity contribution >= 4 is 44.7 Å². The smallest absolute Gasteiger partial charge is 0.266 e. The van der Waals surface area contributed by atoms with Crippen molar-refractivity contribution < 1.29 is 9.18 Å². The maximum absolute atomic E-state index is 14.2. The highest BCUT2D eigenvalue weighted by Crippen LogP contribution is 2.43. The third-order valence-corrected chi connectivity index (χ3v) is 7.12. The molecule has 2 aromatic heterocycles. The molecule has 0 radical (unpaired) electrons. The van der Waals surface area contributed by atoms with Gasteiger partial charge in [-0.3, -0.25) is 4.79 Å². The van der Waals surface area contributed by atoms with Crippen molar-refractivity contribution in [1.29, 1.82) is 5.26 Å². The number of benzene rings is 2. The highest BCUT2D eigenvalue weighted by Gasteiger charge is 2.29. The zero-order valence-electron chi connectivity index (χ0n) is 18.2. The number of piperazine rings is 1. The number of pyridine rings is 1. The lowest BCUT2D eigenvalue weighted by molar-refractivity contribution is 0.0752. The van der Waals surface area contributed by atoms with E-state index in [4.69, 9.17) is 11.5 Å². The SMILES string of the molecule is N#Cc1c(N)nc2sc(C(=O)N3CCN(c4ccccc4F)CC3)c(N)c2c1-c1ccccc1. The van der Waals surface area contributed by atoms with Crippen molar-refractivity contribution in [1.82, 2.24) is 9.88 Å². The summed E-state index contributed by atoms with van der Waals surface area (Å²) in [6, 6.07) is 18.1.